The van der Waals surface area contributed by atoms with Gasteiger partial charge in [0.1, 0.15) is 0 Å². The number of halogens is 1. The Kier molecular flexibility index (Phi) is 6.18. The Hall–Kier alpha value is -1.59. The smallest absolute Gasteiger partial charge is 0.338 e. The van der Waals surface area contributed by atoms with E-state index < -0.39 is 5.97 Å². The average Bonchev–Trinajstić information content (AvgIpc) is 2.36. The number of carbonyl (C=O) groups is 2. The number of hydrogen-bond acceptors (Lipinski definition) is 4. The standard InChI is InChI=1S/C12H14ClNO4/c1-17-6-5-14-11(15)8-18-12(16)9-3-2-4-10(13)7-9/h2-4,7H,5-6,8H2,1H3,(H,14,15). The molecule has 98 valence electrons. The summed E-state index contributed by atoms with van der Waals surface area (Å²) in [6, 6.07) is 6.33. The molecule has 0 aromatic heterocycles. The first-order valence-corrected chi connectivity index (χ1v) is 5.69. The zero-order valence-electron chi connectivity index (χ0n) is 9.94. The summed E-state index contributed by atoms with van der Waals surface area (Å²) in [5.41, 5.74) is 0.312. The highest BCUT2D eigenvalue weighted by Crippen LogP contribution is 2.11. The van der Waals surface area contributed by atoms with Gasteiger partial charge in [0, 0.05) is 18.7 Å². The fraction of sp³-hybridized carbons (Fsp3) is 0.333. The van der Waals surface area contributed by atoms with Crippen LogP contribution < -0.4 is 5.32 Å². The molecule has 0 aliphatic rings. The molecule has 0 radical (unpaired) electrons. The van der Waals surface area contributed by atoms with Crippen molar-refractivity contribution in [2.75, 3.05) is 26.9 Å². The van der Waals surface area contributed by atoms with Gasteiger partial charge >= 0.3 is 5.97 Å². The van der Waals surface area contributed by atoms with Gasteiger partial charge in [0.25, 0.3) is 5.91 Å². The van der Waals surface area contributed by atoms with E-state index in [9.17, 15) is 9.59 Å². The number of nitrogens with one attached hydrogen (secondary N) is 1. The average molecular weight is 272 g/mol. The number of rotatable bonds is 6. The zero-order valence-corrected chi connectivity index (χ0v) is 10.7. The molecule has 0 spiro atoms. The van der Waals surface area contributed by atoms with Gasteiger partial charge in [-0.1, -0.05) is 17.7 Å². The topological polar surface area (TPSA) is 64.6 Å². The first-order chi connectivity index (χ1) is 8.63. The summed E-state index contributed by atoms with van der Waals surface area (Å²) >= 11 is 5.74. The predicted octanol–water partition coefficient (Wildman–Crippen LogP) is 1.26. The molecule has 6 heteroatoms. The van der Waals surface area contributed by atoms with E-state index in [0.29, 0.717) is 23.7 Å². The molecule has 0 aliphatic heterocycles. The molecule has 0 atom stereocenters. The fourth-order valence-corrected chi connectivity index (χ4v) is 1.36. The minimum atomic E-state index is -0.584. The third-order valence-electron chi connectivity index (χ3n) is 2.02. The Labute approximate surface area is 110 Å². The molecule has 0 fully saturated rings. The van der Waals surface area contributed by atoms with Crippen molar-refractivity contribution in [3.05, 3.63) is 34.9 Å². The van der Waals surface area contributed by atoms with Crippen LogP contribution >= 0.6 is 11.6 Å². The normalized spacial score (nSPS) is 9.89. The van der Waals surface area contributed by atoms with Gasteiger partial charge in [-0.2, -0.15) is 0 Å². The van der Waals surface area contributed by atoms with Gasteiger partial charge in [0.05, 0.1) is 12.2 Å². The summed E-state index contributed by atoms with van der Waals surface area (Å²) < 4.78 is 9.59. The lowest BCUT2D eigenvalue weighted by Crippen LogP contribution is -2.31. The van der Waals surface area contributed by atoms with Crippen molar-refractivity contribution in [1.82, 2.24) is 5.32 Å². The summed E-state index contributed by atoms with van der Waals surface area (Å²) in [7, 11) is 1.53. The van der Waals surface area contributed by atoms with Crippen LogP contribution in [-0.2, 0) is 14.3 Å². The highest BCUT2D eigenvalue weighted by molar-refractivity contribution is 6.30. The number of ether oxygens (including phenoxy) is 2. The molecule has 0 bridgehead atoms. The van der Waals surface area contributed by atoms with E-state index in [-0.39, 0.29) is 12.5 Å². The van der Waals surface area contributed by atoms with Crippen molar-refractivity contribution in [2.45, 2.75) is 0 Å². The second-order valence-corrected chi connectivity index (χ2v) is 3.87. The first kappa shape index (κ1) is 14.5. The largest absolute Gasteiger partial charge is 0.452 e. The Morgan fingerprint density at radius 1 is 1.39 bits per heavy atom. The second kappa shape index (κ2) is 7.68. The summed E-state index contributed by atoms with van der Waals surface area (Å²) in [5.74, 6) is -0.957. The third-order valence-corrected chi connectivity index (χ3v) is 2.26. The molecule has 18 heavy (non-hydrogen) atoms. The van der Waals surface area contributed by atoms with E-state index in [2.05, 4.69) is 5.32 Å². The Bertz CT molecular complexity index is 422. The summed E-state index contributed by atoms with van der Waals surface area (Å²) in [5, 5.41) is 2.97. The highest BCUT2D eigenvalue weighted by Gasteiger charge is 2.09. The van der Waals surface area contributed by atoms with Gasteiger partial charge in [0.2, 0.25) is 0 Å². The molecule has 1 amide bonds. The number of methoxy groups -OCH3 is 1. The summed E-state index contributed by atoms with van der Waals surface area (Å²) in [6.07, 6.45) is 0. The van der Waals surface area contributed by atoms with Gasteiger partial charge in [-0.25, -0.2) is 4.79 Å². The maximum absolute atomic E-state index is 11.5. The minimum absolute atomic E-state index is 0.312. The fourth-order valence-electron chi connectivity index (χ4n) is 1.17. The first-order valence-electron chi connectivity index (χ1n) is 5.32. The van der Waals surface area contributed by atoms with Crippen LogP contribution in [0.3, 0.4) is 0 Å². The van der Waals surface area contributed by atoms with Gasteiger partial charge in [-0.05, 0) is 18.2 Å². The monoisotopic (exact) mass is 271 g/mol. The maximum atomic E-state index is 11.5. The van der Waals surface area contributed by atoms with Crippen molar-refractivity contribution in [3.8, 4) is 0 Å². The van der Waals surface area contributed by atoms with Gasteiger partial charge in [0.15, 0.2) is 6.61 Å². The number of amides is 1. The predicted molar refractivity (Wildman–Crippen MR) is 66.6 cm³/mol. The van der Waals surface area contributed by atoms with Crippen LogP contribution in [0, 0.1) is 0 Å². The Morgan fingerprint density at radius 2 is 2.17 bits per heavy atom. The number of esters is 1. The van der Waals surface area contributed by atoms with Crippen molar-refractivity contribution in [3.63, 3.8) is 0 Å². The van der Waals surface area contributed by atoms with Crippen LogP contribution in [0.15, 0.2) is 24.3 Å². The molecule has 0 saturated heterocycles. The number of benzene rings is 1. The highest BCUT2D eigenvalue weighted by atomic mass is 35.5. The molecule has 0 heterocycles. The van der Waals surface area contributed by atoms with Crippen LogP contribution in [-0.4, -0.2) is 38.7 Å². The Balaban J connectivity index is 2.35. The molecule has 0 saturated carbocycles. The van der Waals surface area contributed by atoms with Crippen LogP contribution in [0.4, 0.5) is 0 Å². The van der Waals surface area contributed by atoms with Crippen LogP contribution in [0.1, 0.15) is 10.4 Å². The lowest BCUT2D eigenvalue weighted by Gasteiger charge is -2.06. The van der Waals surface area contributed by atoms with Crippen molar-refractivity contribution in [2.24, 2.45) is 0 Å². The van der Waals surface area contributed by atoms with Gasteiger partial charge < -0.3 is 14.8 Å². The van der Waals surface area contributed by atoms with Crippen LogP contribution in [0.2, 0.25) is 5.02 Å². The molecule has 1 aromatic rings. The lowest BCUT2D eigenvalue weighted by atomic mass is 10.2. The molecule has 1 aromatic carbocycles. The lowest BCUT2D eigenvalue weighted by molar-refractivity contribution is -0.124. The summed E-state index contributed by atoms with van der Waals surface area (Å²) in [4.78, 5) is 22.8. The van der Waals surface area contributed by atoms with E-state index in [1.807, 2.05) is 0 Å². The van der Waals surface area contributed by atoms with Crippen molar-refractivity contribution < 1.29 is 19.1 Å². The van der Waals surface area contributed by atoms with Gasteiger partial charge in [-0.15, -0.1) is 0 Å². The van der Waals surface area contributed by atoms with Crippen molar-refractivity contribution >= 4 is 23.5 Å². The molecule has 0 unspecified atom stereocenters. The third kappa shape index (κ3) is 5.16. The Morgan fingerprint density at radius 3 is 2.83 bits per heavy atom. The molecule has 5 nitrogen and oxygen atoms in total. The van der Waals surface area contributed by atoms with Crippen LogP contribution in [0.5, 0.6) is 0 Å². The number of carbonyl (C=O) groups excluding carboxylic acids is 2. The quantitative estimate of drug-likeness (QED) is 0.625. The molecular formula is C12H14ClNO4. The maximum Gasteiger partial charge on any atom is 0.338 e. The SMILES string of the molecule is COCCNC(=O)COC(=O)c1cccc(Cl)c1. The second-order valence-electron chi connectivity index (χ2n) is 3.43. The van der Waals surface area contributed by atoms with Crippen molar-refractivity contribution in [1.29, 1.82) is 0 Å². The zero-order chi connectivity index (χ0) is 13.4. The van der Waals surface area contributed by atoms with E-state index >= 15 is 0 Å². The van der Waals surface area contributed by atoms with Gasteiger partial charge in [-0.3, -0.25) is 4.79 Å². The minimum Gasteiger partial charge on any atom is -0.452 e. The summed E-state index contributed by atoms with van der Waals surface area (Å²) in [6.45, 7) is 0.465. The molecular weight excluding hydrogens is 258 g/mol. The van der Waals surface area contributed by atoms with Crippen LogP contribution in [0.25, 0.3) is 0 Å². The number of hydrogen-bond donors (Lipinski definition) is 1. The van der Waals surface area contributed by atoms with E-state index in [1.165, 1.54) is 13.2 Å². The van der Waals surface area contributed by atoms with E-state index in [4.69, 9.17) is 21.1 Å². The van der Waals surface area contributed by atoms with E-state index in [0.717, 1.165) is 0 Å². The van der Waals surface area contributed by atoms with E-state index in [1.54, 1.807) is 18.2 Å². The molecule has 0 aliphatic carbocycles. The molecule has 1 N–H and O–H groups in total. The molecule has 1 rings (SSSR count).